The van der Waals surface area contributed by atoms with Crippen LogP contribution in [0.2, 0.25) is 0 Å². The Balaban J connectivity index is 2.64. The van der Waals surface area contributed by atoms with Gasteiger partial charge in [-0.3, -0.25) is 0 Å². The van der Waals surface area contributed by atoms with Crippen LogP contribution in [0.3, 0.4) is 0 Å². The fraction of sp³-hybridized carbons (Fsp3) is 0.778. The first kappa shape index (κ1) is 17.7. The van der Waals surface area contributed by atoms with Crippen molar-refractivity contribution in [2.24, 2.45) is 5.41 Å². The summed E-state index contributed by atoms with van der Waals surface area (Å²) in [7, 11) is 0. The number of thiophene rings is 1. The average molecular weight is 296 g/mol. The highest BCUT2D eigenvalue weighted by atomic mass is 32.1. The van der Waals surface area contributed by atoms with E-state index < -0.39 is 0 Å². The van der Waals surface area contributed by atoms with E-state index >= 15 is 0 Å². The molecule has 1 nitrogen and oxygen atoms in total. The largest absolute Gasteiger partial charge is 0.312 e. The van der Waals surface area contributed by atoms with Gasteiger partial charge in [0.1, 0.15) is 0 Å². The van der Waals surface area contributed by atoms with Crippen LogP contribution in [0.1, 0.15) is 72.3 Å². The average Bonchev–Trinajstić information content (AvgIpc) is 2.91. The Morgan fingerprint density at radius 1 is 1.15 bits per heavy atom. The van der Waals surface area contributed by atoms with Gasteiger partial charge in [-0.05, 0) is 74.3 Å². The molecule has 0 spiro atoms. The lowest BCUT2D eigenvalue weighted by atomic mass is 9.75. The van der Waals surface area contributed by atoms with Crippen molar-refractivity contribution < 1.29 is 0 Å². The van der Waals surface area contributed by atoms with Crippen LogP contribution in [-0.2, 0) is 6.42 Å². The second kappa shape index (κ2) is 8.19. The normalized spacial score (nSPS) is 15.2. The minimum atomic E-state index is 0.217. The fourth-order valence-corrected chi connectivity index (χ4v) is 3.33. The first-order valence-electron chi connectivity index (χ1n) is 8.17. The van der Waals surface area contributed by atoms with Gasteiger partial charge in [-0.25, -0.2) is 0 Å². The van der Waals surface area contributed by atoms with Gasteiger partial charge in [0.2, 0.25) is 0 Å². The van der Waals surface area contributed by atoms with E-state index in [4.69, 9.17) is 0 Å². The third-order valence-electron chi connectivity index (χ3n) is 4.33. The molecule has 0 bridgehead atoms. The maximum absolute atomic E-state index is 3.76. The molecule has 0 aliphatic heterocycles. The quantitative estimate of drug-likeness (QED) is 0.620. The molecule has 2 heteroatoms. The molecule has 1 rings (SSSR count). The van der Waals surface area contributed by atoms with E-state index in [1.165, 1.54) is 44.1 Å². The van der Waals surface area contributed by atoms with Gasteiger partial charge in [0, 0.05) is 12.1 Å². The van der Waals surface area contributed by atoms with Crippen molar-refractivity contribution in [3.63, 3.8) is 0 Å². The highest BCUT2D eigenvalue weighted by Gasteiger charge is 2.28. The van der Waals surface area contributed by atoms with Crippen LogP contribution in [0.25, 0.3) is 0 Å². The molecule has 0 amide bonds. The Labute approximate surface area is 130 Å². The number of hydrogen-bond acceptors (Lipinski definition) is 2. The molecule has 0 aromatic carbocycles. The van der Waals surface area contributed by atoms with Crippen molar-refractivity contribution in [2.75, 3.05) is 6.54 Å². The second-order valence-corrected chi connectivity index (χ2v) is 7.97. The molecule has 116 valence electrons. The van der Waals surface area contributed by atoms with E-state index in [-0.39, 0.29) is 5.54 Å². The Hall–Kier alpha value is -0.340. The maximum atomic E-state index is 3.76. The summed E-state index contributed by atoms with van der Waals surface area (Å²) < 4.78 is 0. The molecule has 1 N–H and O–H groups in total. The molecule has 1 heterocycles. The molecule has 1 aromatic rings. The van der Waals surface area contributed by atoms with Crippen molar-refractivity contribution in [2.45, 2.75) is 78.7 Å². The van der Waals surface area contributed by atoms with Gasteiger partial charge in [-0.1, -0.05) is 26.7 Å². The van der Waals surface area contributed by atoms with Gasteiger partial charge in [0.05, 0.1) is 0 Å². The summed E-state index contributed by atoms with van der Waals surface area (Å²) >= 11 is 1.82. The van der Waals surface area contributed by atoms with Crippen molar-refractivity contribution >= 4 is 11.3 Å². The van der Waals surface area contributed by atoms with Crippen LogP contribution in [-0.4, -0.2) is 12.1 Å². The number of aryl methyl sites for hydroxylation is 1. The molecule has 0 radical (unpaired) electrons. The number of nitrogens with one attached hydrogen (secondary N) is 1. The van der Waals surface area contributed by atoms with Crippen LogP contribution in [0, 0.1) is 5.41 Å². The lowest BCUT2D eigenvalue weighted by molar-refractivity contribution is 0.192. The first-order chi connectivity index (χ1) is 9.41. The van der Waals surface area contributed by atoms with E-state index in [9.17, 15) is 0 Å². The van der Waals surface area contributed by atoms with Crippen molar-refractivity contribution in [1.29, 1.82) is 0 Å². The molecule has 0 aliphatic rings. The lowest BCUT2D eigenvalue weighted by Gasteiger charge is -2.36. The van der Waals surface area contributed by atoms with Gasteiger partial charge in [-0.15, -0.1) is 0 Å². The summed E-state index contributed by atoms with van der Waals surface area (Å²) in [4.78, 5) is 0. The predicted octanol–water partition coefficient (Wildman–Crippen LogP) is 5.66. The fourth-order valence-electron chi connectivity index (χ4n) is 2.63. The van der Waals surface area contributed by atoms with Crippen LogP contribution in [0.5, 0.6) is 0 Å². The molecule has 0 saturated carbocycles. The van der Waals surface area contributed by atoms with Crippen LogP contribution >= 0.6 is 11.3 Å². The van der Waals surface area contributed by atoms with E-state index in [1.54, 1.807) is 0 Å². The lowest BCUT2D eigenvalue weighted by Crippen LogP contribution is -2.44. The van der Waals surface area contributed by atoms with Crippen molar-refractivity contribution in [3.8, 4) is 0 Å². The monoisotopic (exact) mass is 295 g/mol. The van der Waals surface area contributed by atoms with Gasteiger partial charge < -0.3 is 5.32 Å². The molecular weight excluding hydrogens is 262 g/mol. The molecule has 20 heavy (non-hydrogen) atoms. The zero-order valence-electron chi connectivity index (χ0n) is 14.1. The van der Waals surface area contributed by atoms with E-state index in [0.717, 1.165) is 6.54 Å². The number of rotatable bonds is 9. The Kier molecular flexibility index (Phi) is 7.25. The molecule has 0 aliphatic carbocycles. The summed E-state index contributed by atoms with van der Waals surface area (Å²) in [6.07, 6.45) is 7.82. The van der Waals surface area contributed by atoms with Crippen LogP contribution in [0.4, 0.5) is 0 Å². The topological polar surface area (TPSA) is 12.0 Å². The van der Waals surface area contributed by atoms with Gasteiger partial charge in [-0.2, -0.15) is 11.3 Å². The Bertz CT molecular complexity index is 350. The second-order valence-electron chi connectivity index (χ2n) is 7.19. The maximum Gasteiger partial charge on any atom is 0.00967 e. The van der Waals surface area contributed by atoms with E-state index in [2.05, 4.69) is 56.8 Å². The Morgan fingerprint density at radius 2 is 1.90 bits per heavy atom. The van der Waals surface area contributed by atoms with E-state index in [1.807, 2.05) is 11.3 Å². The molecule has 0 saturated heterocycles. The number of hydrogen-bond donors (Lipinski definition) is 1. The summed E-state index contributed by atoms with van der Waals surface area (Å²) in [6, 6.07) is 2.28. The van der Waals surface area contributed by atoms with Crippen LogP contribution in [0.15, 0.2) is 16.8 Å². The molecule has 0 fully saturated rings. The van der Waals surface area contributed by atoms with Gasteiger partial charge in [0.25, 0.3) is 0 Å². The molecule has 1 aromatic heterocycles. The van der Waals surface area contributed by atoms with E-state index in [0.29, 0.717) is 5.41 Å². The van der Waals surface area contributed by atoms with Crippen molar-refractivity contribution in [3.05, 3.63) is 22.4 Å². The molecule has 1 unspecified atom stereocenters. The summed E-state index contributed by atoms with van der Waals surface area (Å²) in [5.74, 6) is 0. The third-order valence-corrected chi connectivity index (χ3v) is 5.06. The molecule has 1 atom stereocenters. The highest BCUT2D eigenvalue weighted by molar-refractivity contribution is 7.07. The standard InChI is InChI=1S/C18H33NS/c1-6-8-11-18(7-2,15-19-17(3,4)5)12-9-16-10-13-20-14-16/h10,13-14,19H,6-9,11-12,15H2,1-5H3. The minimum absolute atomic E-state index is 0.217. The predicted molar refractivity (Wildman–Crippen MR) is 92.6 cm³/mol. The summed E-state index contributed by atoms with van der Waals surface area (Å²) in [6.45, 7) is 12.6. The minimum Gasteiger partial charge on any atom is -0.312 e. The number of unbranched alkanes of at least 4 members (excludes halogenated alkanes) is 1. The van der Waals surface area contributed by atoms with Crippen molar-refractivity contribution in [1.82, 2.24) is 5.32 Å². The summed E-state index contributed by atoms with van der Waals surface area (Å²) in [5.41, 5.74) is 2.19. The smallest absolute Gasteiger partial charge is 0.00967 e. The van der Waals surface area contributed by atoms with Gasteiger partial charge >= 0.3 is 0 Å². The zero-order valence-corrected chi connectivity index (χ0v) is 14.9. The zero-order chi connectivity index (χ0) is 15.1. The SMILES string of the molecule is CCCCC(CC)(CCc1ccsc1)CNC(C)(C)C. The first-order valence-corrected chi connectivity index (χ1v) is 9.11. The molecular formula is C18H33NS. The third kappa shape index (κ3) is 6.41. The van der Waals surface area contributed by atoms with Crippen LogP contribution < -0.4 is 5.32 Å². The Morgan fingerprint density at radius 3 is 2.40 bits per heavy atom. The highest BCUT2D eigenvalue weighted by Crippen LogP contribution is 2.34. The van der Waals surface area contributed by atoms with Gasteiger partial charge in [0.15, 0.2) is 0 Å². The summed E-state index contributed by atoms with van der Waals surface area (Å²) in [5, 5.41) is 8.26.